The van der Waals surface area contributed by atoms with Gasteiger partial charge < -0.3 is 9.64 Å². The Balaban J connectivity index is 2.39. The number of nitrogens with zero attached hydrogens (tertiary/aromatic N) is 2. The molecule has 1 heterocycles. The van der Waals surface area contributed by atoms with E-state index in [-0.39, 0.29) is 11.5 Å². The number of methoxy groups -OCH3 is 1. The number of nitriles is 1. The summed E-state index contributed by atoms with van der Waals surface area (Å²) in [4.78, 5) is 2.28. The summed E-state index contributed by atoms with van der Waals surface area (Å²) in [5.41, 5.74) is 0.946. The van der Waals surface area contributed by atoms with Gasteiger partial charge in [0.1, 0.15) is 5.75 Å². The van der Waals surface area contributed by atoms with Gasteiger partial charge in [-0.2, -0.15) is 5.26 Å². The van der Waals surface area contributed by atoms with Crippen LogP contribution in [0, 0.1) is 17.2 Å². The van der Waals surface area contributed by atoms with Crippen molar-refractivity contribution in [3.05, 3.63) is 24.3 Å². The van der Waals surface area contributed by atoms with Crippen LogP contribution in [0.25, 0.3) is 0 Å². The zero-order chi connectivity index (χ0) is 12.5. The lowest BCUT2D eigenvalue weighted by atomic mass is 9.89. The van der Waals surface area contributed by atoms with Gasteiger partial charge in [0, 0.05) is 6.54 Å². The second-order valence-electron chi connectivity index (χ2n) is 4.95. The average molecular weight is 230 g/mol. The number of hydrogen-bond acceptors (Lipinski definition) is 3. The van der Waals surface area contributed by atoms with Crippen LogP contribution in [0.4, 0.5) is 5.69 Å². The topological polar surface area (TPSA) is 36.3 Å². The first-order valence-electron chi connectivity index (χ1n) is 5.91. The van der Waals surface area contributed by atoms with Gasteiger partial charge in [-0.1, -0.05) is 12.1 Å². The molecule has 0 saturated carbocycles. The summed E-state index contributed by atoms with van der Waals surface area (Å²) in [5.74, 6) is 0.951. The van der Waals surface area contributed by atoms with E-state index in [1.165, 1.54) is 0 Å². The minimum atomic E-state index is -0.136. The lowest BCUT2D eigenvalue weighted by molar-refractivity contribution is 0.402. The molecule has 3 heteroatoms. The van der Waals surface area contributed by atoms with Crippen molar-refractivity contribution in [2.75, 3.05) is 18.6 Å². The van der Waals surface area contributed by atoms with Crippen molar-refractivity contribution in [3.63, 3.8) is 0 Å². The first-order valence-corrected chi connectivity index (χ1v) is 5.91. The monoisotopic (exact) mass is 230 g/mol. The van der Waals surface area contributed by atoms with Crippen molar-refractivity contribution in [1.29, 1.82) is 5.26 Å². The van der Waals surface area contributed by atoms with Crippen LogP contribution in [0.5, 0.6) is 5.75 Å². The summed E-state index contributed by atoms with van der Waals surface area (Å²) in [7, 11) is 1.68. The summed E-state index contributed by atoms with van der Waals surface area (Å²) < 4.78 is 5.40. The zero-order valence-electron chi connectivity index (χ0n) is 10.6. The number of ether oxygens (including phenoxy) is 1. The van der Waals surface area contributed by atoms with Crippen LogP contribution in [0.2, 0.25) is 0 Å². The second kappa shape index (κ2) is 4.29. The Morgan fingerprint density at radius 3 is 2.71 bits per heavy atom. The third-order valence-corrected chi connectivity index (χ3v) is 3.72. The fourth-order valence-electron chi connectivity index (χ4n) is 2.59. The summed E-state index contributed by atoms with van der Waals surface area (Å²) in [6.45, 7) is 5.16. The van der Waals surface area contributed by atoms with Crippen molar-refractivity contribution >= 4 is 5.69 Å². The predicted molar refractivity (Wildman–Crippen MR) is 68.1 cm³/mol. The molecule has 3 nitrogen and oxygen atoms in total. The van der Waals surface area contributed by atoms with E-state index in [0.717, 1.165) is 24.4 Å². The molecule has 1 unspecified atom stereocenters. The summed E-state index contributed by atoms with van der Waals surface area (Å²) in [6, 6.07) is 10.4. The van der Waals surface area contributed by atoms with Crippen LogP contribution in [-0.4, -0.2) is 19.2 Å². The van der Waals surface area contributed by atoms with Gasteiger partial charge in [0.25, 0.3) is 0 Å². The molecule has 1 atom stereocenters. The second-order valence-corrected chi connectivity index (χ2v) is 4.95. The summed E-state index contributed by atoms with van der Waals surface area (Å²) in [6.07, 6.45) is 0.918. The van der Waals surface area contributed by atoms with Crippen molar-refractivity contribution in [2.24, 2.45) is 5.92 Å². The van der Waals surface area contributed by atoms with Crippen LogP contribution < -0.4 is 9.64 Å². The minimum absolute atomic E-state index is 0.0763. The third-order valence-electron chi connectivity index (χ3n) is 3.72. The maximum atomic E-state index is 9.18. The van der Waals surface area contributed by atoms with Gasteiger partial charge in [-0.25, -0.2) is 0 Å². The Bertz CT molecular complexity index is 448. The molecule has 0 spiro atoms. The zero-order valence-corrected chi connectivity index (χ0v) is 10.6. The smallest absolute Gasteiger partial charge is 0.142 e. The molecule has 90 valence electrons. The Kier molecular flexibility index (Phi) is 2.97. The van der Waals surface area contributed by atoms with E-state index in [9.17, 15) is 5.26 Å². The molecule has 0 aromatic heterocycles. The Hall–Kier alpha value is -1.69. The van der Waals surface area contributed by atoms with Crippen molar-refractivity contribution in [2.45, 2.75) is 25.8 Å². The highest BCUT2D eigenvalue weighted by atomic mass is 16.5. The van der Waals surface area contributed by atoms with Gasteiger partial charge in [0.05, 0.1) is 30.3 Å². The van der Waals surface area contributed by atoms with E-state index in [1.54, 1.807) is 7.11 Å². The fraction of sp³-hybridized carbons (Fsp3) is 0.500. The van der Waals surface area contributed by atoms with Crippen molar-refractivity contribution in [1.82, 2.24) is 0 Å². The van der Waals surface area contributed by atoms with Crippen LogP contribution >= 0.6 is 0 Å². The van der Waals surface area contributed by atoms with E-state index in [0.29, 0.717) is 0 Å². The molecule has 2 rings (SSSR count). The Labute approximate surface area is 103 Å². The molecular weight excluding hydrogens is 212 g/mol. The van der Waals surface area contributed by atoms with Gasteiger partial charge in [0.15, 0.2) is 0 Å². The molecule has 1 fully saturated rings. The first kappa shape index (κ1) is 11.8. The highest BCUT2D eigenvalue weighted by Crippen LogP contribution is 2.41. The van der Waals surface area contributed by atoms with Gasteiger partial charge in [-0.05, 0) is 32.4 Å². The highest BCUT2D eigenvalue weighted by Gasteiger charge is 2.42. The van der Waals surface area contributed by atoms with Crippen molar-refractivity contribution < 1.29 is 4.74 Å². The quantitative estimate of drug-likeness (QED) is 0.783. The van der Waals surface area contributed by atoms with E-state index in [2.05, 4.69) is 30.9 Å². The van der Waals surface area contributed by atoms with E-state index >= 15 is 0 Å². The molecule has 1 aromatic rings. The molecule has 0 aliphatic carbocycles. The molecule has 0 amide bonds. The molecule has 0 bridgehead atoms. The number of para-hydroxylation sites is 2. The minimum Gasteiger partial charge on any atom is -0.495 e. The van der Waals surface area contributed by atoms with E-state index < -0.39 is 0 Å². The normalized spacial score (nSPS) is 22.2. The maximum Gasteiger partial charge on any atom is 0.142 e. The van der Waals surface area contributed by atoms with E-state index in [1.807, 2.05) is 18.2 Å². The maximum absolute atomic E-state index is 9.18. The highest BCUT2D eigenvalue weighted by molar-refractivity contribution is 5.61. The number of benzene rings is 1. The largest absolute Gasteiger partial charge is 0.495 e. The van der Waals surface area contributed by atoms with Crippen LogP contribution in [0.1, 0.15) is 20.3 Å². The van der Waals surface area contributed by atoms with Crippen LogP contribution in [-0.2, 0) is 0 Å². The molecule has 0 radical (unpaired) electrons. The first-order chi connectivity index (χ1) is 8.11. The van der Waals surface area contributed by atoms with E-state index in [4.69, 9.17) is 4.74 Å². The van der Waals surface area contributed by atoms with Gasteiger partial charge >= 0.3 is 0 Å². The number of hydrogen-bond donors (Lipinski definition) is 0. The molecule has 1 aliphatic rings. The van der Waals surface area contributed by atoms with Gasteiger partial charge in [-0.3, -0.25) is 0 Å². The standard InChI is InChI=1S/C14H18N2O/c1-14(2)11(10-15)8-9-16(14)12-6-4-5-7-13(12)17-3/h4-7,11H,8-9H2,1-3H3. The lowest BCUT2D eigenvalue weighted by Crippen LogP contribution is -2.42. The average Bonchev–Trinajstić information content (AvgIpc) is 2.63. The molecule has 1 aromatic carbocycles. The fourth-order valence-corrected chi connectivity index (χ4v) is 2.59. The summed E-state index contributed by atoms with van der Waals surface area (Å²) >= 11 is 0. The van der Waals surface area contributed by atoms with Gasteiger partial charge in [-0.15, -0.1) is 0 Å². The summed E-state index contributed by atoms with van der Waals surface area (Å²) in [5, 5.41) is 9.18. The molecule has 1 saturated heterocycles. The van der Waals surface area contributed by atoms with Crippen molar-refractivity contribution in [3.8, 4) is 11.8 Å². The van der Waals surface area contributed by atoms with Gasteiger partial charge in [0.2, 0.25) is 0 Å². The Morgan fingerprint density at radius 2 is 2.12 bits per heavy atom. The molecule has 17 heavy (non-hydrogen) atoms. The van der Waals surface area contributed by atoms with Crippen LogP contribution in [0.15, 0.2) is 24.3 Å². The third kappa shape index (κ3) is 1.84. The predicted octanol–water partition coefficient (Wildman–Crippen LogP) is 2.82. The van der Waals surface area contributed by atoms with Crippen LogP contribution in [0.3, 0.4) is 0 Å². The number of rotatable bonds is 2. The molecule has 1 aliphatic heterocycles. The lowest BCUT2D eigenvalue weighted by Gasteiger charge is -2.36. The number of anilines is 1. The molecule has 0 N–H and O–H groups in total. The molecular formula is C14H18N2O. The Morgan fingerprint density at radius 1 is 1.41 bits per heavy atom. The SMILES string of the molecule is COc1ccccc1N1CCC(C#N)C1(C)C.